The standard InChI is InChI=1S/C29H37N3O2/c1-31(29(33)28-13-12-27(16-30-28)34-19-21-2-3-21)26-11-8-23-14-22(4-7-24(23)15-26)18-32-17-20-5-9-25(32)10-6-20/h4,7,12-14,16,20-21,25-26H,2-3,5-6,8-11,15,17-19H2,1H3. The van der Waals surface area contributed by atoms with Crippen LogP contribution in [-0.2, 0) is 19.4 Å². The first-order valence-corrected chi connectivity index (χ1v) is 13.3. The number of likely N-dealkylation sites (N-methyl/N-ethyl adjacent to an activating group) is 1. The van der Waals surface area contributed by atoms with Gasteiger partial charge in [0.05, 0.1) is 12.8 Å². The van der Waals surface area contributed by atoms with E-state index in [0.717, 1.165) is 50.1 Å². The number of hydrogen-bond acceptors (Lipinski definition) is 4. The van der Waals surface area contributed by atoms with Gasteiger partial charge in [0.15, 0.2) is 0 Å². The highest BCUT2D eigenvalue weighted by Gasteiger charge is 2.33. The van der Waals surface area contributed by atoms with Gasteiger partial charge < -0.3 is 9.64 Å². The highest BCUT2D eigenvalue weighted by atomic mass is 16.5. The van der Waals surface area contributed by atoms with Gasteiger partial charge in [-0.3, -0.25) is 9.69 Å². The minimum Gasteiger partial charge on any atom is -0.492 e. The van der Waals surface area contributed by atoms with Gasteiger partial charge in [-0.15, -0.1) is 0 Å². The van der Waals surface area contributed by atoms with Crippen molar-refractivity contribution < 1.29 is 9.53 Å². The third-order valence-electron chi connectivity index (χ3n) is 8.69. The minimum atomic E-state index is -0.000959. The summed E-state index contributed by atoms with van der Waals surface area (Å²) < 4.78 is 5.76. The SMILES string of the molecule is CN(C(=O)c1ccc(OCC2CC2)cn1)C1CCc2cc(CN3CC4CCC3CC4)ccc2C1. The van der Waals surface area contributed by atoms with Crippen LogP contribution in [0.3, 0.4) is 0 Å². The monoisotopic (exact) mass is 459 g/mol. The Bertz CT molecular complexity index is 1020. The van der Waals surface area contributed by atoms with Crippen molar-refractivity contribution in [3.05, 3.63) is 58.9 Å². The van der Waals surface area contributed by atoms with E-state index in [1.165, 1.54) is 61.8 Å². The second kappa shape index (κ2) is 9.33. The number of pyridine rings is 1. The summed E-state index contributed by atoms with van der Waals surface area (Å²) in [5.74, 6) is 2.39. The molecule has 180 valence electrons. The fourth-order valence-electron chi connectivity index (χ4n) is 6.26. The van der Waals surface area contributed by atoms with E-state index in [1.807, 2.05) is 18.0 Å². The first-order valence-electron chi connectivity index (χ1n) is 13.3. The fourth-order valence-corrected chi connectivity index (χ4v) is 6.26. The van der Waals surface area contributed by atoms with Gasteiger partial charge in [-0.2, -0.15) is 0 Å². The molecule has 7 rings (SSSR count). The van der Waals surface area contributed by atoms with Gasteiger partial charge in [0, 0.05) is 32.2 Å². The summed E-state index contributed by atoms with van der Waals surface area (Å²) in [7, 11) is 1.93. The molecule has 0 N–H and O–H groups in total. The molecule has 3 heterocycles. The molecular weight excluding hydrogens is 422 g/mol. The number of hydrogen-bond donors (Lipinski definition) is 0. The van der Waals surface area contributed by atoms with E-state index in [2.05, 4.69) is 28.1 Å². The summed E-state index contributed by atoms with van der Waals surface area (Å²) >= 11 is 0. The number of rotatable bonds is 7. The lowest BCUT2D eigenvalue weighted by Crippen LogP contribution is -2.47. The molecule has 1 atom stereocenters. The first-order chi connectivity index (χ1) is 16.6. The number of aromatic nitrogens is 1. The van der Waals surface area contributed by atoms with E-state index in [-0.39, 0.29) is 11.9 Å². The topological polar surface area (TPSA) is 45.7 Å². The van der Waals surface area contributed by atoms with E-state index in [1.54, 1.807) is 12.3 Å². The molecule has 1 aromatic carbocycles. The van der Waals surface area contributed by atoms with Gasteiger partial charge in [0.1, 0.15) is 11.4 Å². The molecule has 1 aromatic heterocycles. The number of aryl methyl sites for hydroxylation is 1. The van der Waals surface area contributed by atoms with Crippen LogP contribution in [0, 0.1) is 11.8 Å². The Hall–Kier alpha value is -2.40. The Morgan fingerprint density at radius 1 is 1.06 bits per heavy atom. The average Bonchev–Trinajstić information content (AvgIpc) is 3.72. The van der Waals surface area contributed by atoms with Gasteiger partial charge >= 0.3 is 0 Å². The predicted molar refractivity (Wildman–Crippen MR) is 133 cm³/mol. The van der Waals surface area contributed by atoms with Crippen LogP contribution in [-0.4, -0.2) is 53.0 Å². The number of benzene rings is 1. The van der Waals surface area contributed by atoms with Crippen LogP contribution in [0.5, 0.6) is 5.75 Å². The summed E-state index contributed by atoms with van der Waals surface area (Å²) in [6, 6.07) is 11.8. The molecule has 5 aliphatic rings. The lowest BCUT2D eigenvalue weighted by molar-refractivity contribution is 0.0426. The molecule has 1 unspecified atom stereocenters. The lowest BCUT2D eigenvalue weighted by atomic mass is 9.79. The summed E-state index contributed by atoms with van der Waals surface area (Å²) in [5.41, 5.74) is 4.84. The molecule has 2 aromatic rings. The van der Waals surface area contributed by atoms with Crippen molar-refractivity contribution >= 4 is 5.91 Å². The van der Waals surface area contributed by atoms with Crippen LogP contribution in [0.2, 0.25) is 0 Å². The highest BCUT2D eigenvalue weighted by Crippen LogP contribution is 2.36. The maximum atomic E-state index is 13.1. The fraction of sp³-hybridized carbons (Fsp3) is 0.586. The number of nitrogens with zero attached hydrogens (tertiary/aromatic N) is 3. The second-order valence-electron chi connectivity index (χ2n) is 11.2. The van der Waals surface area contributed by atoms with Crippen molar-refractivity contribution in [3.8, 4) is 5.75 Å². The Morgan fingerprint density at radius 3 is 2.62 bits per heavy atom. The lowest BCUT2D eigenvalue weighted by Gasteiger charge is -2.45. The molecule has 2 saturated carbocycles. The van der Waals surface area contributed by atoms with Crippen molar-refractivity contribution in [3.63, 3.8) is 0 Å². The van der Waals surface area contributed by atoms with Gasteiger partial charge in [-0.05, 0) is 98.4 Å². The van der Waals surface area contributed by atoms with Crippen LogP contribution in [0.25, 0.3) is 0 Å². The largest absolute Gasteiger partial charge is 0.492 e. The van der Waals surface area contributed by atoms with Crippen molar-refractivity contribution in [2.75, 3.05) is 20.2 Å². The van der Waals surface area contributed by atoms with Crippen molar-refractivity contribution in [2.24, 2.45) is 11.8 Å². The zero-order chi connectivity index (χ0) is 23.1. The van der Waals surface area contributed by atoms with Crippen LogP contribution in [0.1, 0.15) is 72.1 Å². The zero-order valence-electron chi connectivity index (χ0n) is 20.4. The summed E-state index contributed by atoms with van der Waals surface area (Å²) in [6.45, 7) is 3.15. The third-order valence-corrected chi connectivity index (χ3v) is 8.69. The molecule has 5 nitrogen and oxygen atoms in total. The minimum absolute atomic E-state index is 0.000959. The maximum absolute atomic E-state index is 13.1. The number of ether oxygens (including phenoxy) is 1. The number of amides is 1. The zero-order valence-corrected chi connectivity index (χ0v) is 20.4. The Morgan fingerprint density at radius 2 is 1.91 bits per heavy atom. The molecular formula is C29H37N3O2. The van der Waals surface area contributed by atoms with Crippen LogP contribution in [0.4, 0.5) is 0 Å². The number of carbonyl (C=O) groups is 1. The van der Waals surface area contributed by atoms with Crippen molar-refractivity contribution in [2.45, 2.75) is 76.4 Å². The predicted octanol–water partition coefficient (Wildman–Crippen LogP) is 4.87. The van der Waals surface area contributed by atoms with Gasteiger partial charge in [0.2, 0.25) is 0 Å². The van der Waals surface area contributed by atoms with Gasteiger partial charge in [0.25, 0.3) is 5.91 Å². The molecule has 2 saturated heterocycles. The summed E-state index contributed by atoms with van der Waals surface area (Å²) in [5, 5.41) is 0. The molecule has 34 heavy (non-hydrogen) atoms. The third kappa shape index (κ3) is 4.72. The molecule has 0 spiro atoms. The molecule has 0 radical (unpaired) electrons. The van der Waals surface area contributed by atoms with E-state index >= 15 is 0 Å². The summed E-state index contributed by atoms with van der Waals surface area (Å²) in [4.78, 5) is 22.1. The van der Waals surface area contributed by atoms with Crippen LogP contribution < -0.4 is 4.74 Å². The maximum Gasteiger partial charge on any atom is 0.272 e. The van der Waals surface area contributed by atoms with E-state index < -0.39 is 0 Å². The number of piperidine rings is 2. The van der Waals surface area contributed by atoms with Crippen LogP contribution >= 0.6 is 0 Å². The Balaban J connectivity index is 1.06. The molecule has 4 fully saturated rings. The Labute approximate surface area is 203 Å². The van der Waals surface area contributed by atoms with Crippen LogP contribution in [0.15, 0.2) is 36.5 Å². The second-order valence-corrected chi connectivity index (χ2v) is 11.2. The van der Waals surface area contributed by atoms with Crippen molar-refractivity contribution in [1.29, 1.82) is 0 Å². The Kier molecular flexibility index (Phi) is 6.06. The summed E-state index contributed by atoms with van der Waals surface area (Å²) in [6.07, 6.45) is 12.9. The van der Waals surface area contributed by atoms with E-state index in [9.17, 15) is 4.79 Å². The van der Waals surface area contributed by atoms with E-state index in [0.29, 0.717) is 11.6 Å². The van der Waals surface area contributed by atoms with E-state index in [4.69, 9.17) is 4.74 Å². The first kappa shape index (κ1) is 22.1. The number of fused-ring (bicyclic) bond motifs is 4. The number of carbonyl (C=O) groups excluding carboxylic acids is 1. The molecule has 2 aliphatic heterocycles. The smallest absolute Gasteiger partial charge is 0.272 e. The normalized spacial score (nSPS) is 26.2. The molecule has 5 heteroatoms. The quantitative estimate of drug-likeness (QED) is 0.592. The molecule has 1 amide bonds. The highest BCUT2D eigenvalue weighted by molar-refractivity contribution is 5.92. The van der Waals surface area contributed by atoms with Gasteiger partial charge in [-0.25, -0.2) is 4.98 Å². The molecule has 2 bridgehead atoms. The van der Waals surface area contributed by atoms with Crippen molar-refractivity contribution in [1.82, 2.24) is 14.8 Å². The average molecular weight is 460 g/mol. The van der Waals surface area contributed by atoms with Gasteiger partial charge in [-0.1, -0.05) is 18.2 Å². The molecule has 3 aliphatic carbocycles.